The van der Waals surface area contributed by atoms with Gasteiger partial charge in [0.25, 0.3) is 5.91 Å². The summed E-state index contributed by atoms with van der Waals surface area (Å²) >= 11 is 0. The lowest BCUT2D eigenvalue weighted by Crippen LogP contribution is -2.52. The van der Waals surface area contributed by atoms with Crippen LogP contribution in [0.3, 0.4) is 0 Å². The summed E-state index contributed by atoms with van der Waals surface area (Å²) in [6.07, 6.45) is 1.63. The van der Waals surface area contributed by atoms with Crippen molar-refractivity contribution in [3.63, 3.8) is 0 Å². The standard InChI is InChI=1S/C15H14F3N2O3/c1-3-23-14(22)12(15(16,17)18)20-13(21)10-7-9-6-4-5-8(2)11(9)19-10/h4-7,12H,3H2,1-2H3,(H,20,21). The van der Waals surface area contributed by atoms with Crippen LogP contribution < -0.4 is 5.32 Å². The number of hydrogen-bond acceptors (Lipinski definition) is 4. The first-order valence-corrected chi connectivity index (χ1v) is 6.81. The molecule has 1 amide bonds. The molecule has 123 valence electrons. The Morgan fingerprint density at radius 3 is 2.65 bits per heavy atom. The molecule has 1 N–H and O–H groups in total. The minimum atomic E-state index is -4.95. The molecule has 1 unspecified atom stereocenters. The Labute approximate surface area is 130 Å². The molecule has 1 aliphatic carbocycles. The Bertz CT molecular complexity index is 645. The fraction of sp³-hybridized carbons (Fsp3) is 0.333. The van der Waals surface area contributed by atoms with Gasteiger partial charge in [-0.15, -0.1) is 0 Å². The topological polar surface area (TPSA) is 67.8 Å². The van der Waals surface area contributed by atoms with Crippen molar-refractivity contribution < 1.29 is 27.5 Å². The molecule has 0 aromatic rings. The summed E-state index contributed by atoms with van der Waals surface area (Å²) in [7, 11) is 0. The molecule has 1 atom stereocenters. The number of fused-ring (bicyclic) bond motifs is 1. The monoisotopic (exact) mass is 327 g/mol. The van der Waals surface area contributed by atoms with Crippen LogP contribution in [0, 0.1) is 6.04 Å². The second-order valence-corrected chi connectivity index (χ2v) is 4.85. The predicted molar refractivity (Wildman–Crippen MR) is 76.3 cm³/mol. The minimum Gasteiger partial charge on any atom is -0.464 e. The van der Waals surface area contributed by atoms with Gasteiger partial charge in [0.05, 0.1) is 6.61 Å². The van der Waals surface area contributed by atoms with Crippen LogP contribution >= 0.6 is 0 Å². The third-order valence-electron chi connectivity index (χ3n) is 3.15. The molecule has 0 aromatic carbocycles. The number of rotatable bonds is 4. The molecular formula is C15H14F3N2O3. The van der Waals surface area contributed by atoms with E-state index in [2.05, 4.69) is 9.73 Å². The number of aliphatic imine (C=N–C) groups is 1. The molecule has 2 aliphatic rings. The number of halogens is 3. The molecular weight excluding hydrogens is 313 g/mol. The zero-order valence-corrected chi connectivity index (χ0v) is 12.4. The molecule has 0 bridgehead atoms. The van der Waals surface area contributed by atoms with Crippen molar-refractivity contribution in [2.45, 2.75) is 26.1 Å². The number of ether oxygens (including phenoxy) is 1. The van der Waals surface area contributed by atoms with Crippen LogP contribution in [0.1, 0.15) is 13.8 Å². The number of carbonyl (C=O) groups is 2. The maximum Gasteiger partial charge on any atom is 0.419 e. The van der Waals surface area contributed by atoms with Crippen LogP contribution in [-0.2, 0) is 14.3 Å². The zero-order valence-electron chi connectivity index (χ0n) is 12.4. The molecule has 1 radical (unpaired) electrons. The Morgan fingerprint density at radius 2 is 2.09 bits per heavy atom. The fourth-order valence-electron chi connectivity index (χ4n) is 2.07. The van der Waals surface area contributed by atoms with Crippen molar-refractivity contribution in [1.82, 2.24) is 5.32 Å². The number of nitrogens with zero attached hydrogens (tertiary/aromatic N) is 1. The maximum absolute atomic E-state index is 12.9. The van der Waals surface area contributed by atoms with Gasteiger partial charge in [-0.2, -0.15) is 13.2 Å². The van der Waals surface area contributed by atoms with Crippen molar-refractivity contribution in [2.75, 3.05) is 6.61 Å². The summed E-state index contributed by atoms with van der Waals surface area (Å²) in [6.45, 7) is 2.93. The van der Waals surface area contributed by atoms with E-state index >= 15 is 0 Å². The second-order valence-electron chi connectivity index (χ2n) is 4.85. The van der Waals surface area contributed by atoms with E-state index in [1.165, 1.54) is 13.0 Å². The van der Waals surface area contributed by atoms with Gasteiger partial charge in [-0.25, -0.2) is 4.79 Å². The molecule has 0 saturated carbocycles. The molecule has 1 aliphatic heterocycles. The average Bonchev–Trinajstić information content (AvgIpc) is 2.89. The summed E-state index contributed by atoms with van der Waals surface area (Å²) < 4.78 is 43.1. The zero-order chi connectivity index (χ0) is 17.2. The second kappa shape index (κ2) is 6.39. The number of amides is 1. The lowest BCUT2D eigenvalue weighted by Gasteiger charge is -2.19. The number of allylic oxidation sites excluding steroid dienone is 2. The normalized spacial score (nSPS) is 18.6. The van der Waals surface area contributed by atoms with Crippen LogP contribution in [0.5, 0.6) is 0 Å². The van der Waals surface area contributed by atoms with Gasteiger partial charge in [0.15, 0.2) is 0 Å². The van der Waals surface area contributed by atoms with Crippen molar-refractivity contribution in [2.24, 2.45) is 4.99 Å². The van der Waals surface area contributed by atoms with Gasteiger partial charge in [0.2, 0.25) is 6.04 Å². The summed E-state index contributed by atoms with van der Waals surface area (Å²) in [5, 5.41) is 1.64. The van der Waals surface area contributed by atoms with Gasteiger partial charge < -0.3 is 10.1 Å². The summed E-state index contributed by atoms with van der Waals surface area (Å²) in [6, 6.07) is -2.20. The quantitative estimate of drug-likeness (QED) is 0.803. The van der Waals surface area contributed by atoms with Crippen LogP contribution in [0.4, 0.5) is 13.2 Å². The van der Waals surface area contributed by atoms with Gasteiger partial charge >= 0.3 is 12.1 Å². The lowest BCUT2D eigenvalue weighted by atomic mass is 9.97. The van der Waals surface area contributed by atoms with E-state index in [4.69, 9.17) is 0 Å². The average molecular weight is 327 g/mol. The Morgan fingerprint density at radius 1 is 1.39 bits per heavy atom. The summed E-state index contributed by atoms with van der Waals surface area (Å²) in [4.78, 5) is 27.4. The molecule has 2 rings (SSSR count). The molecule has 5 nitrogen and oxygen atoms in total. The van der Waals surface area contributed by atoms with E-state index < -0.39 is 24.1 Å². The van der Waals surface area contributed by atoms with Crippen molar-refractivity contribution in [1.29, 1.82) is 0 Å². The minimum absolute atomic E-state index is 0.187. The van der Waals surface area contributed by atoms with E-state index in [0.29, 0.717) is 11.6 Å². The fourth-order valence-corrected chi connectivity index (χ4v) is 2.07. The Balaban J connectivity index is 2.16. The molecule has 0 saturated heterocycles. The third-order valence-corrected chi connectivity index (χ3v) is 3.15. The predicted octanol–water partition coefficient (Wildman–Crippen LogP) is 2.03. The highest BCUT2D eigenvalue weighted by Gasteiger charge is 2.47. The maximum atomic E-state index is 12.9. The molecule has 8 heteroatoms. The van der Waals surface area contributed by atoms with Gasteiger partial charge in [-0.05, 0) is 31.1 Å². The van der Waals surface area contributed by atoms with Crippen molar-refractivity contribution >= 4 is 17.6 Å². The van der Waals surface area contributed by atoms with Crippen molar-refractivity contribution in [3.8, 4) is 0 Å². The molecule has 0 aromatic heterocycles. The SMILES string of the molecule is CCOC(=O)C(NC(=O)C1=N[C]2C(C)=CC=CC2=C1)C(F)(F)F. The number of alkyl halides is 3. The molecule has 0 fully saturated rings. The van der Waals surface area contributed by atoms with Crippen LogP contribution in [0.15, 0.2) is 40.4 Å². The van der Waals surface area contributed by atoms with Crippen molar-refractivity contribution in [3.05, 3.63) is 41.5 Å². The summed E-state index contributed by atoms with van der Waals surface area (Å²) in [5.41, 5.74) is 1.24. The Kier molecular flexibility index (Phi) is 4.72. The largest absolute Gasteiger partial charge is 0.464 e. The first kappa shape index (κ1) is 17.0. The summed E-state index contributed by atoms with van der Waals surface area (Å²) in [5.74, 6) is -2.64. The van der Waals surface area contributed by atoms with Gasteiger partial charge in [-0.3, -0.25) is 9.79 Å². The van der Waals surface area contributed by atoms with E-state index in [1.54, 1.807) is 30.5 Å². The highest BCUT2D eigenvalue weighted by Crippen LogP contribution is 2.33. The smallest absolute Gasteiger partial charge is 0.419 e. The highest BCUT2D eigenvalue weighted by atomic mass is 19.4. The van der Waals surface area contributed by atoms with E-state index in [-0.39, 0.29) is 12.3 Å². The number of carbonyl (C=O) groups excluding carboxylic acids is 2. The van der Waals surface area contributed by atoms with E-state index in [9.17, 15) is 22.8 Å². The Hall–Kier alpha value is -2.38. The highest BCUT2D eigenvalue weighted by molar-refractivity contribution is 6.45. The number of hydrogen-bond donors (Lipinski definition) is 1. The number of esters is 1. The van der Waals surface area contributed by atoms with E-state index in [1.807, 2.05) is 0 Å². The van der Waals surface area contributed by atoms with Gasteiger partial charge in [0, 0.05) is 0 Å². The molecule has 23 heavy (non-hydrogen) atoms. The van der Waals surface area contributed by atoms with Crippen LogP contribution in [0.2, 0.25) is 0 Å². The molecule has 0 spiro atoms. The van der Waals surface area contributed by atoms with Gasteiger partial charge in [-0.1, -0.05) is 18.2 Å². The van der Waals surface area contributed by atoms with Crippen LogP contribution in [0.25, 0.3) is 0 Å². The molecule has 1 heterocycles. The van der Waals surface area contributed by atoms with Gasteiger partial charge in [0.1, 0.15) is 11.8 Å². The number of nitrogens with one attached hydrogen (secondary N) is 1. The lowest BCUT2D eigenvalue weighted by molar-refractivity contribution is -0.185. The van der Waals surface area contributed by atoms with E-state index in [0.717, 1.165) is 5.57 Å². The first-order valence-electron chi connectivity index (χ1n) is 6.81. The third kappa shape index (κ3) is 3.69. The first-order chi connectivity index (χ1) is 10.7. The van der Waals surface area contributed by atoms with Crippen LogP contribution in [-0.4, -0.2) is 36.4 Å².